The number of hydrogen-bond donors (Lipinski definition) is 0. The van der Waals surface area contributed by atoms with E-state index in [2.05, 4.69) is 0 Å². The monoisotopic (exact) mass is 234 g/mol. The van der Waals surface area contributed by atoms with Crippen molar-refractivity contribution in [3.05, 3.63) is 30.3 Å². The molecule has 1 fully saturated rings. The molecule has 0 radical (unpaired) electrons. The van der Waals surface area contributed by atoms with Gasteiger partial charge in [0.15, 0.2) is 5.11 Å². The lowest BCUT2D eigenvalue weighted by Gasteiger charge is -2.23. The van der Waals surface area contributed by atoms with Gasteiger partial charge < -0.3 is 4.90 Å². The highest BCUT2D eigenvalue weighted by Gasteiger charge is 2.34. The first kappa shape index (κ1) is 11.1. The minimum absolute atomic E-state index is 0.0462. The molecule has 1 aromatic rings. The summed E-state index contributed by atoms with van der Waals surface area (Å²) >= 11 is 5.33. The van der Waals surface area contributed by atoms with Gasteiger partial charge in [0.05, 0.1) is 5.69 Å². The van der Waals surface area contributed by atoms with Crippen LogP contribution in [0.4, 0.5) is 5.69 Å². The predicted octanol–water partition coefficient (Wildman–Crippen LogP) is 2.03. The smallest absolute Gasteiger partial charge is 0.252 e. The van der Waals surface area contributed by atoms with Crippen molar-refractivity contribution in [2.45, 2.75) is 19.9 Å². The van der Waals surface area contributed by atoms with Gasteiger partial charge in [-0.2, -0.15) is 0 Å². The number of nitrogens with zero attached hydrogens (tertiary/aromatic N) is 2. The van der Waals surface area contributed by atoms with Crippen LogP contribution in [0.15, 0.2) is 30.3 Å². The van der Waals surface area contributed by atoms with Crippen LogP contribution in [0.3, 0.4) is 0 Å². The molecule has 0 unspecified atom stereocenters. The lowest BCUT2D eigenvalue weighted by Crippen LogP contribution is -2.36. The Bertz CT molecular complexity index is 416. The second-order valence-corrected chi connectivity index (χ2v) is 4.43. The molecule has 0 atom stereocenters. The SMILES string of the molecule is CC(C)N1CC(=O)N(c2ccccc2)C1=S. The van der Waals surface area contributed by atoms with Crippen molar-refractivity contribution in [1.29, 1.82) is 0 Å². The molecule has 0 aliphatic carbocycles. The number of amides is 1. The third kappa shape index (κ3) is 1.80. The van der Waals surface area contributed by atoms with Crippen LogP contribution in [0.2, 0.25) is 0 Å². The van der Waals surface area contributed by atoms with Gasteiger partial charge in [-0.25, -0.2) is 0 Å². The van der Waals surface area contributed by atoms with E-state index in [1.54, 1.807) is 4.90 Å². The van der Waals surface area contributed by atoms with Crippen LogP contribution in [0, 0.1) is 0 Å². The van der Waals surface area contributed by atoms with E-state index in [0.29, 0.717) is 11.7 Å². The molecule has 1 saturated heterocycles. The molecule has 0 spiro atoms. The Morgan fingerprint density at radius 3 is 2.38 bits per heavy atom. The molecular weight excluding hydrogens is 220 g/mol. The standard InChI is InChI=1S/C12H14N2OS/c1-9(2)13-8-11(15)14(12(13)16)10-6-4-3-5-7-10/h3-7,9H,8H2,1-2H3. The maximum Gasteiger partial charge on any atom is 0.252 e. The highest BCUT2D eigenvalue weighted by molar-refractivity contribution is 7.80. The molecule has 4 heteroatoms. The van der Waals surface area contributed by atoms with Crippen LogP contribution < -0.4 is 4.90 Å². The molecule has 0 saturated carbocycles. The summed E-state index contributed by atoms with van der Waals surface area (Å²) < 4.78 is 0. The molecule has 0 N–H and O–H groups in total. The van der Waals surface area contributed by atoms with E-state index < -0.39 is 0 Å². The number of carbonyl (C=O) groups excluding carboxylic acids is 1. The van der Waals surface area contributed by atoms with Gasteiger partial charge in [-0.1, -0.05) is 18.2 Å². The first-order chi connectivity index (χ1) is 7.61. The Balaban J connectivity index is 2.30. The molecule has 1 aromatic carbocycles. The average Bonchev–Trinajstić information content (AvgIpc) is 2.56. The van der Waals surface area contributed by atoms with Gasteiger partial charge in [0.1, 0.15) is 6.54 Å². The largest absolute Gasteiger partial charge is 0.337 e. The number of carbonyl (C=O) groups is 1. The molecule has 16 heavy (non-hydrogen) atoms. The molecule has 0 aromatic heterocycles. The normalized spacial score (nSPS) is 16.4. The van der Waals surface area contributed by atoms with Gasteiger partial charge in [0.25, 0.3) is 5.91 Å². The Morgan fingerprint density at radius 2 is 1.88 bits per heavy atom. The molecule has 1 aliphatic heterocycles. The Kier molecular flexibility index (Phi) is 2.92. The second kappa shape index (κ2) is 4.22. The summed E-state index contributed by atoms with van der Waals surface area (Å²) in [5.41, 5.74) is 0.848. The summed E-state index contributed by atoms with van der Waals surface area (Å²) in [6, 6.07) is 9.78. The van der Waals surface area contributed by atoms with Gasteiger partial charge in [-0.15, -0.1) is 0 Å². The fraction of sp³-hybridized carbons (Fsp3) is 0.333. The average molecular weight is 234 g/mol. The molecule has 84 valence electrons. The van der Waals surface area contributed by atoms with Crippen molar-refractivity contribution in [3.63, 3.8) is 0 Å². The lowest BCUT2D eigenvalue weighted by molar-refractivity contribution is -0.116. The number of benzene rings is 1. The van der Waals surface area contributed by atoms with Crippen LogP contribution in [-0.2, 0) is 4.79 Å². The van der Waals surface area contributed by atoms with E-state index in [0.717, 1.165) is 5.69 Å². The minimum atomic E-state index is 0.0462. The summed E-state index contributed by atoms with van der Waals surface area (Å²) in [5.74, 6) is 0.0462. The lowest BCUT2D eigenvalue weighted by atomic mass is 10.3. The number of thiocarbonyl (C=S) groups is 1. The summed E-state index contributed by atoms with van der Waals surface area (Å²) in [6.45, 7) is 4.45. The van der Waals surface area contributed by atoms with E-state index in [9.17, 15) is 4.79 Å². The van der Waals surface area contributed by atoms with Crippen LogP contribution >= 0.6 is 12.2 Å². The first-order valence-corrected chi connectivity index (χ1v) is 5.70. The minimum Gasteiger partial charge on any atom is -0.337 e. The quantitative estimate of drug-likeness (QED) is 0.732. The van der Waals surface area contributed by atoms with E-state index >= 15 is 0 Å². The van der Waals surface area contributed by atoms with Crippen molar-refractivity contribution in [2.75, 3.05) is 11.4 Å². The third-order valence-corrected chi connectivity index (χ3v) is 3.05. The van der Waals surface area contributed by atoms with E-state index in [-0.39, 0.29) is 11.9 Å². The molecule has 0 bridgehead atoms. The summed E-state index contributed by atoms with van der Waals surface area (Å²) in [5, 5.41) is 0.603. The van der Waals surface area contributed by atoms with Crippen molar-refractivity contribution in [3.8, 4) is 0 Å². The van der Waals surface area contributed by atoms with Crippen LogP contribution in [0.5, 0.6) is 0 Å². The maximum absolute atomic E-state index is 11.9. The number of hydrogen-bond acceptors (Lipinski definition) is 2. The highest BCUT2D eigenvalue weighted by Crippen LogP contribution is 2.22. The molecule has 1 heterocycles. The zero-order valence-corrected chi connectivity index (χ0v) is 10.2. The number of para-hydroxylation sites is 1. The van der Waals surface area contributed by atoms with Crippen molar-refractivity contribution >= 4 is 28.9 Å². The fourth-order valence-electron chi connectivity index (χ4n) is 1.75. The zero-order chi connectivity index (χ0) is 11.7. The summed E-state index contributed by atoms with van der Waals surface area (Å²) in [4.78, 5) is 15.4. The Labute approximate surface area is 101 Å². The van der Waals surface area contributed by atoms with E-state index in [4.69, 9.17) is 12.2 Å². The van der Waals surface area contributed by atoms with Crippen LogP contribution in [0.25, 0.3) is 0 Å². The summed E-state index contributed by atoms with van der Waals surface area (Å²) in [6.07, 6.45) is 0. The topological polar surface area (TPSA) is 23.6 Å². The van der Waals surface area contributed by atoms with Gasteiger partial charge in [-0.3, -0.25) is 9.69 Å². The fourth-order valence-corrected chi connectivity index (χ4v) is 2.24. The van der Waals surface area contributed by atoms with Gasteiger partial charge in [0.2, 0.25) is 0 Å². The van der Waals surface area contributed by atoms with Crippen molar-refractivity contribution in [2.24, 2.45) is 0 Å². The van der Waals surface area contributed by atoms with Crippen LogP contribution in [-0.4, -0.2) is 28.5 Å². The Hall–Kier alpha value is -1.42. The van der Waals surface area contributed by atoms with E-state index in [1.807, 2.05) is 49.1 Å². The molecule has 1 aliphatic rings. The molecule has 1 amide bonds. The summed E-state index contributed by atoms with van der Waals surface area (Å²) in [7, 11) is 0. The van der Waals surface area contributed by atoms with Gasteiger partial charge in [0, 0.05) is 6.04 Å². The van der Waals surface area contributed by atoms with Crippen molar-refractivity contribution in [1.82, 2.24) is 4.90 Å². The maximum atomic E-state index is 11.9. The zero-order valence-electron chi connectivity index (χ0n) is 9.38. The predicted molar refractivity (Wildman–Crippen MR) is 68.4 cm³/mol. The number of rotatable bonds is 2. The van der Waals surface area contributed by atoms with Crippen molar-refractivity contribution < 1.29 is 4.79 Å². The number of anilines is 1. The first-order valence-electron chi connectivity index (χ1n) is 5.30. The Morgan fingerprint density at radius 1 is 1.25 bits per heavy atom. The molecular formula is C12H14N2OS. The highest BCUT2D eigenvalue weighted by atomic mass is 32.1. The van der Waals surface area contributed by atoms with Gasteiger partial charge >= 0.3 is 0 Å². The van der Waals surface area contributed by atoms with Crippen LogP contribution in [0.1, 0.15) is 13.8 Å². The van der Waals surface area contributed by atoms with Gasteiger partial charge in [-0.05, 0) is 38.2 Å². The van der Waals surface area contributed by atoms with E-state index in [1.165, 1.54) is 0 Å². The second-order valence-electron chi connectivity index (χ2n) is 4.07. The molecule has 2 rings (SSSR count). The third-order valence-electron chi connectivity index (χ3n) is 2.63. The molecule has 3 nitrogen and oxygen atoms in total.